The van der Waals surface area contributed by atoms with Crippen LogP contribution in [0.25, 0.3) is 0 Å². The average Bonchev–Trinajstić information content (AvgIpc) is 3.03. The molecule has 0 bridgehead atoms. The fourth-order valence-electron chi connectivity index (χ4n) is 2.52. The molecule has 0 saturated carbocycles. The predicted molar refractivity (Wildman–Crippen MR) is 77.7 cm³/mol. The van der Waals surface area contributed by atoms with Gasteiger partial charge in [0, 0.05) is 30.8 Å². The van der Waals surface area contributed by atoms with Crippen molar-refractivity contribution in [2.45, 2.75) is 19.4 Å². The Bertz CT molecular complexity index is 609. The molecular weight excluding hydrogens is 254 g/mol. The molecule has 3 rings (SSSR count). The molecule has 1 atom stereocenters. The number of aromatic nitrogens is 2. The van der Waals surface area contributed by atoms with Gasteiger partial charge in [-0.3, -0.25) is 5.10 Å². The molecule has 1 aliphatic heterocycles. The van der Waals surface area contributed by atoms with Crippen LogP contribution < -0.4 is 14.4 Å². The first-order valence-electron chi connectivity index (χ1n) is 6.72. The fourth-order valence-corrected chi connectivity index (χ4v) is 2.52. The third kappa shape index (κ3) is 2.43. The number of likely N-dealkylation sites (N-methyl/N-ethyl adjacent to an activating group) is 1. The van der Waals surface area contributed by atoms with Gasteiger partial charge in [-0.15, -0.1) is 0 Å². The number of hydrogen-bond donors (Lipinski definition) is 1. The molecule has 1 aromatic carbocycles. The molecule has 5 nitrogen and oxygen atoms in total. The van der Waals surface area contributed by atoms with E-state index in [9.17, 15) is 0 Å². The van der Waals surface area contributed by atoms with Crippen LogP contribution in [0.4, 0.5) is 5.82 Å². The maximum atomic E-state index is 5.97. The summed E-state index contributed by atoms with van der Waals surface area (Å²) < 4.78 is 11.2. The van der Waals surface area contributed by atoms with Crippen molar-refractivity contribution in [1.82, 2.24) is 10.2 Å². The quantitative estimate of drug-likeness (QED) is 0.927. The number of nitrogens with zero attached hydrogens (tertiary/aromatic N) is 2. The molecule has 0 aliphatic carbocycles. The topological polar surface area (TPSA) is 50.4 Å². The molecule has 0 spiro atoms. The van der Waals surface area contributed by atoms with Gasteiger partial charge in [0.1, 0.15) is 23.4 Å². The van der Waals surface area contributed by atoms with E-state index in [2.05, 4.69) is 15.1 Å². The smallest absolute Gasteiger partial charge is 0.150 e. The number of methoxy groups -OCH3 is 1. The van der Waals surface area contributed by atoms with E-state index in [-0.39, 0.29) is 6.10 Å². The molecule has 0 radical (unpaired) electrons. The third-order valence-corrected chi connectivity index (χ3v) is 3.57. The van der Waals surface area contributed by atoms with Crippen molar-refractivity contribution < 1.29 is 9.47 Å². The molecule has 0 saturated heterocycles. The standard InChI is InChI=1S/C15H19N3O2/c1-10-6-15(17-16-10)18(2)9-13-8-11-7-12(19-3)4-5-14(11)20-13/h4-7,13H,8-9H2,1-3H3,(H,16,17). The number of rotatable bonds is 4. The summed E-state index contributed by atoms with van der Waals surface area (Å²) in [6, 6.07) is 7.99. The van der Waals surface area contributed by atoms with Gasteiger partial charge in [-0.1, -0.05) is 0 Å². The van der Waals surface area contributed by atoms with E-state index in [4.69, 9.17) is 9.47 Å². The van der Waals surface area contributed by atoms with Crippen LogP contribution in [-0.4, -0.2) is 37.0 Å². The number of aryl methyl sites for hydroxylation is 1. The van der Waals surface area contributed by atoms with E-state index in [0.717, 1.165) is 36.0 Å². The molecule has 20 heavy (non-hydrogen) atoms. The number of fused-ring (bicyclic) bond motifs is 1. The molecule has 0 fully saturated rings. The summed E-state index contributed by atoms with van der Waals surface area (Å²) in [7, 11) is 3.71. The van der Waals surface area contributed by atoms with Crippen molar-refractivity contribution in [2.75, 3.05) is 25.6 Å². The van der Waals surface area contributed by atoms with E-state index >= 15 is 0 Å². The Morgan fingerprint density at radius 3 is 3.00 bits per heavy atom. The predicted octanol–water partition coefficient (Wildman–Crippen LogP) is 2.17. The van der Waals surface area contributed by atoms with Crippen molar-refractivity contribution in [3.63, 3.8) is 0 Å². The van der Waals surface area contributed by atoms with E-state index in [1.54, 1.807) is 7.11 Å². The van der Waals surface area contributed by atoms with Crippen LogP contribution in [0.2, 0.25) is 0 Å². The van der Waals surface area contributed by atoms with Crippen LogP contribution in [0.5, 0.6) is 11.5 Å². The summed E-state index contributed by atoms with van der Waals surface area (Å²) >= 11 is 0. The highest BCUT2D eigenvalue weighted by Gasteiger charge is 2.25. The molecule has 0 amide bonds. The van der Waals surface area contributed by atoms with Crippen LogP contribution >= 0.6 is 0 Å². The Morgan fingerprint density at radius 1 is 1.45 bits per heavy atom. The summed E-state index contributed by atoms with van der Waals surface area (Å²) in [5.41, 5.74) is 2.27. The Hall–Kier alpha value is -2.17. The lowest BCUT2D eigenvalue weighted by atomic mass is 10.1. The molecule has 2 aromatic rings. The Kier molecular flexibility index (Phi) is 3.26. The molecule has 106 valence electrons. The fraction of sp³-hybridized carbons (Fsp3) is 0.400. The van der Waals surface area contributed by atoms with Crippen molar-refractivity contribution in [2.24, 2.45) is 0 Å². The van der Waals surface area contributed by atoms with Gasteiger partial charge in [-0.05, 0) is 25.1 Å². The lowest BCUT2D eigenvalue weighted by molar-refractivity contribution is 0.239. The second-order valence-electron chi connectivity index (χ2n) is 5.21. The lowest BCUT2D eigenvalue weighted by Gasteiger charge is -2.20. The molecule has 1 unspecified atom stereocenters. The number of H-pyrrole nitrogens is 1. The van der Waals surface area contributed by atoms with Crippen LogP contribution in [0.3, 0.4) is 0 Å². The van der Waals surface area contributed by atoms with Gasteiger partial charge in [0.05, 0.1) is 13.7 Å². The van der Waals surface area contributed by atoms with Gasteiger partial charge >= 0.3 is 0 Å². The van der Waals surface area contributed by atoms with E-state index in [0.29, 0.717) is 0 Å². The van der Waals surface area contributed by atoms with Gasteiger partial charge in [-0.25, -0.2) is 0 Å². The summed E-state index contributed by atoms with van der Waals surface area (Å²) in [5.74, 6) is 2.78. The molecule has 2 heterocycles. The van der Waals surface area contributed by atoms with Gasteiger partial charge < -0.3 is 14.4 Å². The molecular formula is C15H19N3O2. The Morgan fingerprint density at radius 2 is 2.30 bits per heavy atom. The Labute approximate surface area is 118 Å². The SMILES string of the molecule is COc1ccc2c(c1)CC(CN(C)c1cc(C)[nH]n1)O2. The maximum absolute atomic E-state index is 5.97. The number of nitrogens with one attached hydrogen (secondary N) is 1. The van der Waals surface area contributed by atoms with Gasteiger partial charge in [0.25, 0.3) is 0 Å². The minimum absolute atomic E-state index is 0.152. The summed E-state index contributed by atoms with van der Waals surface area (Å²) in [4.78, 5) is 2.11. The zero-order chi connectivity index (χ0) is 14.1. The van der Waals surface area contributed by atoms with Crippen LogP contribution in [0.1, 0.15) is 11.3 Å². The minimum atomic E-state index is 0.152. The second kappa shape index (κ2) is 5.07. The maximum Gasteiger partial charge on any atom is 0.150 e. The van der Waals surface area contributed by atoms with Crippen molar-refractivity contribution in [3.8, 4) is 11.5 Å². The number of benzene rings is 1. The van der Waals surface area contributed by atoms with Crippen LogP contribution in [0.15, 0.2) is 24.3 Å². The first kappa shape index (κ1) is 12.8. The number of ether oxygens (including phenoxy) is 2. The second-order valence-corrected chi connectivity index (χ2v) is 5.21. The van der Waals surface area contributed by atoms with Gasteiger partial charge in [-0.2, -0.15) is 5.10 Å². The highest BCUT2D eigenvalue weighted by atomic mass is 16.5. The Balaban J connectivity index is 1.66. The van der Waals surface area contributed by atoms with Gasteiger partial charge in [0.15, 0.2) is 0 Å². The summed E-state index contributed by atoms with van der Waals surface area (Å²) in [6.07, 6.45) is 1.06. The first-order chi connectivity index (χ1) is 9.65. The van der Waals surface area contributed by atoms with Gasteiger partial charge in [0.2, 0.25) is 0 Å². The highest BCUT2D eigenvalue weighted by molar-refractivity contribution is 5.44. The monoisotopic (exact) mass is 273 g/mol. The van der Waals surface area contributed by atoms with Crippen molar-refractivity contribution in [1.29, 1.82) is 0 Å². The molecule has 1 N–H and O–H groups in total. The first-order valence-corrected chi connectivity index (χ1v) is 6.72. The number of aromatic amines is 1. The third-order valence-electron chi connectivity index (χ3n) is 3.57. The largest absolute Gasteiger partial charge is 0.497 e. The zero-order valence-corrected chi connectivity index (χ0v) is 12.0. The van der Waals surface area contributed by atoms with Crippen LogP contribution in [-0.2, 0) is 6.42 Å². The molecule has 5 heteroatoms. The highest BCUT2D eigenvalue weighted by Crippen LogP contribution is 2.32. The summed E-state index contributed by atoms with van der Waals surface area (Å²) in [5, 5.41) is 7.22. The normalized spacial score (nSPS) is 16.6. The van der Waals surface area contributed by atoms with Crippen molar-refractivity contribution in [3.05, 3.63) is 35.5 Å². The van der Waals surface area contributed by atoms with E-state index in [1.807, 2.05) is 38.2 Å². The average molecular weight is 273 g/mol. The molecule has 1 aliphatic rings. The molecule has 1 aromatic heterocycles. The minimum Gasteiger partial charge on any atom is -0.497 e. The number of hydrogen-bond acceptors (Lipinski definition) is 4. The van der Waals surface area contributed by atoms with E-state index in [1.165, 1.54) is 5.56 Å². The summed E-state index contributed by atoms with van der Waals surface area (Å²) in [6.45, 7) is 2.81. The lowest BCUT2D eigenvalue weighted by Crippen LogP contribution is -2.32. The number of anilines is 1. The van der Waals surface area contributed by atoms with Crippen LogP contribution in [0, 0.1) is 6.92 Å². The zero-order valence-electron chi connectivity index (χ0n) is 12.0. The van der Waals surface area contributed by atoms with Crippen molar-refractivity contribution >= 4 is 5.82 Å². The van der Waals surface area contributed by atoms with E-state index < -0.39 is 0 Å².